The molecule has 0 saturated heterocycles. The fourth-order valence-electron chi connectivity index (χ4n) is 2.22. The summed E-state index contributed by atoms with van der Waals surface area (Å²) in [6.07, 6.45) is 1.53. The molecule has 1 atom stereocenters. The molecule has 0 saturated carbocycles. The highest BCUT2D eigenvalue weighted by molar-refractivity contribution is 7.89. The van der Waals surface area contributed by atoms with Crippen molar-refractivity contribution in [3.63, 3.8) is 0 Å². The van der Waals surface area contributed by atoms with Gasteiger partial charge in [0, 0.05) is 12.7 Å². The summed E-state index contributed by atoms with van der Waals surface area (Å²) < 4.78 is 23.2. The zero-order chi connectivity index (χ0) is 16.2. The molecule has 0 fully saturated rings. The smallest absolute Gasteiger partial charge is 0.241 e. The van der Waals surface area contributed by atoms with E-state index in [0.717, 1.165) is 5.56 Å². The molecule has 118 valence electrons. The minimum absolute atomic E-state index is 0.000526. The van der Waals surface area contributed by atoms with E-state index in [2.05, 4.69) is 15.2 Å². The van der Waals surface area contributed by atoms with E-state index in [1.54, 1.807) is 6.07 Å². The largest absolute Gasteiger partial charge is 0.367 e. The molecular weight excluding hydrogens is 300 g/mol. The third kappa shape index (κ3) is 4.03. The Hall–Kier alpha value is -1.96. The number of rotatable bonds is 6. The van der Waals surface area contributed by atoms with Crippen molar-refractivity contribution >= 4 is 15.8 Å². The summed E-state index contributed by atoms with van der Waals surface area (Å²) in [7, 11) is 0.136. The lowest BCUT2D eigenvalue weighted by Crippen LogP contribution is -2.27. The van der Waals surface area contributed by atoms with Gasteiger partial charge in [-0.05, 0) is 31.8 Å². The highest BCUT2D eigenvalue weighted by Gasteiger charge is 2.18. The van der Waals surface area contributed by atoms with Gasteiger partial charge in [-0.3, -0.25) is 0 Å². The van der Waals surface area contributed by atoms with Crippen LogP contribution < -0.4 is 10.5 Å². The van der Waals surface area contributed by atoms with Crippen molar-refractivity contribution < 1.29 is 8.42 Å². The summed E-state index contributed by atoms with van der Waals surface area (Å²) >= 11 is 0. The minimum Gasteiger partial charge on any atom is -0.367 e. The van der Waals surface area contributed by atoms with Crippen LogP contribution in [0.5, 0.6) is 0 Å². The summed E-state index contributed by atoms with van der Waals surface area (Å²) in [6.45, 7) is 0.510. The number of aromatic nitrogens is 1. The van der Waals surface area contributed by atoms with E-state index in [0.29, 0.717) is 6.54 Å². The monoisotopic (exact) mass is 320 g/mol. The van der Waals surface area contributed by atoms with Gasteiger partial charge in [-0.2, -0.15) is 0 Å². The Bertz CT molecular complexity index is 717. The van der Waals surface area contributed by atoms with Crippen LogP contribution in [0.15, 0.2) is 53.6 Å². The quantitative estimate of drug-likeness (QED) is 0.841. The van der Waals surface area contributed by atoms with Gasteiger partial charge in [0.2, 0.25) is 10.0 Å². The fraction of sp³-hybridized carbons (Fsp3) is 0.267. The zero-order valence-electron chi connectivity index (χ0n) is 12.6. The van der Waals surface area contributed by atoms with Crippen LogP contribution in [-0.2, 0) is 10.0 Å². The van der Waals surface area contributed by atoms with Crippen molar-refractivity contribution in [3.05, 3.63) is 54.2 Å². The highest BCUT2D eigenvalue weighted by atomic mass is 32.2. The number of likely N-dealkylation sites (N-methyl/N-ethyl adjacent to an activating group) is 1. The molecule has 0 radical (unpaired) electrons. The van der Waals surface area contributed by atoms with E-state index in [1.807, 2.05) is 44.4 Å². The third-order valence-electron chi connectivity index (χ3n) is 3.35. The van der Waals surface area contributed by atoms with Crippen LogP contribution >= 0.6 is 0 Å². The minimum atomic E-state index is -3.80. The number of pyridine rings is 1. The lowest BCUT2D eigenvalue weighted by molar-refractivity contribution is 0.311. The number of primary sulfonamides is 1. The van der Waals surface area contributed by atoms with E-state index < -0.39 is 10.0 Å². The summed E-state index contributed by atoms with van der Waals surface area (Å²) in [4.78, 5) is 6.14. The zero-order valence-corrected chi connectivity index (χ0v) is 13.4. The predicted octanol–water partition coefficient (Wildman–Crippen LogP) is 1.44. The molecule has 6 nitrogen and oxygen atoms in total. The summed E-state index contributed by atoms with van der Waals surface area (Å²) in [5.41, 5.74) is 1.13. The van der Waals surface area contributed by atoms with Crippen LogP contribution in [0.4, 0.5) is 5.82 Å². The van der Waals surface area contributed by atoms with E-state index in [-0.39, 0.29) is 16.8 Å². The average molecular weight is 320 g/mol. The number of nitrogens with two attached hydrogens (primary N) is 1. The highest BCUT2D eigenvalue weighted by Crippen LogP contribution is 2.21. The molecule has 0 aliphatic carbocycles. The van der Waals surface area contributed by atoms with Crippen molar-refractivity contribution in [1.82, 2.24) is 9.88 Å². The molecule has 0 bridgehead atoms. The second kappa shape index (κ2) is 6.87. The molecule has 0 aliphatic rings. The molecule has 1 aromatic carbocycles. The molecule has 1 aromatic heterocycles. The molecule has 7 heteroatoms. The number of nitrogens with zero attached hydrogens (tertiary/aromatic N) is 2. The Morgan fingerprint density at radius 2 is 1.86 bits per heavy atom. The number of anilines is 1. The maximum atomic E-state index is 11.6. The van der Waals surface area contributed by atoms with Crippen molar-refractivity contribution in [1.29, 1.82) is 0 Å². The molecule has 0 spiro atoms. The molecule has 2 aromatic rings. The van der Waals surface area contributed by atoms with E-state index in [9.17, 15) is 8.42 Å². The molecule has 0 aliphatic heterocycles. The lowest BCUT2D eigenvalue weighted by Gasteiger charge is -2.25. The SMILES string of the molecule is CN(C)C(CNc1ncccc1S(N)(=O)=O)c1ccccc1. The molecule has 22 heavy (non-hydrogen) atoms. The van der Waals surface area contributed by atoms with Gasteiger partial charge in [0.05, 0.1) is 6.04 Å². The maximum absolute atomic E-state index is 11.6. The van der Waals surface area contributed by atoms with Gasteiger partial charge in [0.25, 0.3) is 0 Å². The van der Waals surface area contributed by atoms with Gasteiger partial charge in [0.15, 0.2) is 0 Å². The van der Waals surface area contributed by atoms with Crippen LogP contribution in [0.1, 0.15) is 11.6 Å². The van der Waals surface area contributed by atoms with Crippen LogP contribution in [0.3, 0.4) is 0 Å². The first-order valence-corrected chi connectivity index (χ1v) is 8.37. The van der Waals surface area contributed by atoms with Gasteiger partial charge in [-0.15, -0.1) is 0 Å². The normalized spacial score (nSPS) is 13.1. The van der Waals surface area contributed by atoms with Gasteiger partial charge < -0.3 is 10.2 Å². The molecule has 1 unspecified atom stereocenters. The fourth-order valence-corrected chi connectivity index (χ4v) is 2.88. The molecule has 2 rings (SSSR count). The van der Waals surface area contributed by atoms with E-state index in [4.69, 9.17) is 5.14 Å². The summed E-state index contributed by atoms with van der Waals surface area (Å²) in [5, 5.41) is 8.30. The molecule has 3 N–H and O–H groups in total. The predicted molar refractivity (Wildman–Crippen MR) is 87.0 cm³/mol. The lowest BCUT2D eigenvalue weighted by atomic mass is 10.1. The average Bonchev–Trinajstić information content (AvgIpc) is 2.47. The number of hydrogen-bond acceptors (Lipinski definition) is 5. The summed E-state index contributed by atoms with van der Waals surface area (Å²) in [6, 6.07) is 13.0. The maximum Gasteiger partial charge on any atom is 0.241 e. The second-order valence-corrected chi connectivity index (χ2v) is 6.70. The van der Waals surface area contributed by atoms with E-state index >= 15 is 0 Å². The Morgan fingerprint density at radius 1 is 1.18 bits per heavy atom. The first kappa shape index (κ1) is 16.4. The van der Waals surface area contributed by atoms with Crippen molar-refractivity contribution in [2.24, 2.45) is 5.14 Å². The number of benzene rings is 1. The number of nitrogens with one attached hydrogen (secondary N) is 1. The molecule has 1 heterocycles. The standard InChI is InChI=1S/C15H20N4O2S/c1-19(2)13(12-7-4-3-5-8-12)11-18-15-14(22(16,20)21)9-6-10-17-15/h3-10,13H,11H2,1-2H3,(H,17,18)(H2,16,20,21). The Morgan fingerprint density at radius 3 is 2.45 bits per heavy atom. The van der Waals surface area contributed by atoms with Crippen molar-refractivity contribution in [2.75, 3.05) is 26.0 Å². The van der Waals surface area contributed by atoms with Crippen molar-refractivity contribution in [3.8, 4) is 0 Å². The van der Waals surface area contributed by atoms with Crippen LogP contribution in [-0.4, -0.2) is 38.9 Å². The van der Waals surface area contributed by atoms with Crippen LogP contribution in [0.2, 0.25) is 0 Å². The van der Waals surface area contributed by atoms with Gasteiger partial charge in [-0.1, -0.05) is 30.3 Å². The Kier molecular flexibility index (Phi) is 5.12. The number of hydrogen-bond donors (Lipinski definition) is 2. The van der Waals surface area contributed by atoms with Crippen molar-refractivity contribution in [2.45, 2.75) is 10.9 Å². The Balaban J connectivity index is 2.21. The summed E-state index contributed by atoms with van der Waals surface area (Å²) in [5.74, 6) is 0.271. The van der Waals surface area contributed by atoms with Gasteiger partial charge in [0.1, 0.15) is 10.7 Å². The first-order chi connectivity index (χ1) is 10.4. The topological polar surface area (TPSA) is 88.3 Å². The van der Waals surface area contributed by atoms with E-state index in [1.165, 1.54) is 12.3 Å². The second-order valence-electron chi connectivity index (χ2n) is 5.17. The molecular formula is C15H20N4O2S. The van der Waals surface area contributed by atoms with Gasteiger partial charge >= 0.3 is 0 Å². The van der Waals surface area contributed by atoms with Crippen LogP contribution in [0.25, 0.3) is 0 Å². The molecule has 0 amide bonds. The van der Waals surface area contributed by atoms with Gasteiger partial charge in [-0.25, -0.2) is 18.5 Å². The third-order valence-corrected chi connectivity index (χ3v) is 4.29. The van der Waals surface area contributed by atoms with Crippen LogP contribution in [0, 0.1) is 0 Å². The first-order valence-electron chi connectivity index (χ1n) is 6.82. The Labute approximate surface area is 131 Å². The number of sulfonamides is 1.